The number of nitrogens with one attached hydrogen (secondary N) is 1. The minimum Gasteiger partial charge on any atom is -0.507 e. The number of pyridine rings is 1. The van der Waals surface area contributed by atoms with Crippen molar-refractivity contribution in [2.24, 2.45) is 0 Å². The molecule has 102 valence electrons. The Morgan fingerprint density at radius 1 is 1.30 bits per heavy atom. The van der Waals surface area contributed by atoms with E-state index in [1.54, 1.807) is 12.3 Å². The fraction of sp³-hybridized carbons (Fsp3) is 0.143. The van der Waals surface area contributed by atoms with E-state index in [0.29, 0.717) is 17.3 Å². The van der Waals surface area contributed by atoms with Crippen molar-refractivity contribution in [3.63, 3.8) is 0 Å². The van der Waals surface area contributed by atoms with Crippen molar-refractivity contribution in [2.45, 2.75) is 6.92 Å². The maximum atomic E-state index is 12.1. The molecular formula is C14H12N2O4. The van der Waals surface area contributed by atoms with E-state index in [9.17, 15) is 9.90 Å². The molecule has 0 saturated heterocycles. The lowest BCUT2D eigenvalue weighted by molar-refractivity contribution is 0.102. The van der Waals surface area contributed by atoms with Crippen molar-refractivity contribution < 1.29 is 19.4 Å². The molecule has 0 fully saturated rings. The first-order valence-electron chi connectivity index (χ1n) is 6.00. The number of hydrogen-bond donors (Lipinski definition) is 2. The minimum atomic E-state index is -0.459. The lowest BCUT2D eigenvalue weighted by Gasteiger charge is -2.07. The molecule has 0 radical (unpaired) electrons. The van der Waals surface area contributed by atoms with E-state index in [1.807, 2.05) is 13.0 Å². The first-order valence-corrected chi connectivity index (χ1v) is 6.00. The SMILES string of the molecule is Cc1ccnc(NC(=O)c2cc3c(cc2O)OCO3)c1. The van der Waals surface area contributed by atoms with Crippen LogP contribution >= 0.6 is 0 Å². The summed E-state index contributed by atoms with van der Waals surface area (Å²) in [5, 5.41) is 12.5. The van der Waals surface area contributed by atoms with E-state index in [1.165, 1.54) is 12.1 Å². The number of aromatic hydroxyl groups is 1. The average molecular weight is 272 g/mol. The number of carbonyl (C=O) groups excluding carboxylic acids is 1. The standard InChI is InChI=1S/C14H12N2O4/c1-8-2-3-15-13(4-8)16-14(18)9-5-11-12(6-10(9)17)20-7-19-11/h2-6,17H,7H2,1H3,(H,15,16,18). The topological polar surface area (TPSA) is 80.7 Å². The van der Waals surface area contributed by atoms with Crippen molar-refractivity contribution in [1.82, 2.24) is 4.98 Å². The zero-order valence-electron chi connectivity index (χ0n) is 10.7. The number of benzene rings is 1. The van der Waals surface area contributed by atoms with Gasteiger partial charge >= 0.3 is 0 Å². The summed E-state index contributed by atoms with van der Waals surface area (Å²) in [6.07, 6.45) is 1.60. The molecule has 6 nitrogen and oxygen atoms in total. The number of phenols is 1. The summed E-state index contributed by atoms with van der Waals surface area (Å²) in [6, 6.07) is 6.37. The van der Waals surface area contributed by atoms with Gasteiger partial charge in [0.1, 0.15) is 11.6 Å². The van der Waals surface area contributed by atoms with Crippen LogP contribution in [0.1, 0.15) is 15.9 Å². The van der Waals surface area contributed by atoms with Gasteiger partial charge in [0.15, 0.2) is 11.5 Å². The Balaban J connectivity index is 1.87. The Morgan fingerprint density at radius 3 is 2.80 bits per heavy atom. The van der Waals surface area contributed by atoms with Gasteiger partial charge < -0.3 is 19.9 Å². The highest BCUT2D eigenvalue weighted by Crippen LogP contribution is 2.37. The smallest absolute Gasteiger partial charge is 0.260 e. The molecule has 1 aromatic heterocycles. The fourth-order valence-corrected chi connectivity index (χ4v) is 1.90. The van der Waals surface area contributed by atoms with Gasteiger partial charge in [-0.15, -0.1) is 0 Å². The quantitative estimate of drug-likeness (QED) is 0.874. The second kappa shape index (κ2) is 4.73. The maximum absolute atomic E-state index is 12.1. The first-order chi connectivity index (χ1) is 9.63. The van der Waals surface area contributed by atoms with E-state index in [-0.39, 0.29) is 18.1 Å². The third-order valence-corrected chi connectivity index (χ3v) is 2.89. The average Bonchev–Trinajstić information content (AvgIpc) is 2.84. The van der Waals surface area contributed by atoms with E-state index < -0.39 is 5.91 Å². The number of nitrogens with zero attached hydrogens (tertiary/aromatic N) is 1. The van der Waals surface area contributed by atoms with Crippen molar-refractivity contribution in [3.05, 3.63) is 41.6 Å². The molecule has 0 bridgehead atoms. The molecule has 1 amide bonds. The molecule has 20 heavy (non-hydrogen) atoms. The van der Waals surface area contributed by atoms with Gasteiger partial charge in [0.2, 0.25) is 6.79 Å². The Morgan fingerprint density at radius 2 is 2.05 bits per heavy atom. The zero-order valence-corrected chi connectivity index (χ0v) is 10.7. The number of rotatable bonds is 2. The summed E-state index contributed by atoms with van der Waals surface area (Å²) in [5.74, 6) is 0.656. The Bertz CT molecular complexity index is 685. The third kappa shape index (κ3) is 2.23. The lowest BCUT2D eigenvalue weighted by Crippen LogP contribution is -2.13. The predicted molar refractivity (Wildman–Crippen MR) is 71.2 cm³/mol. The van der Waals surface area contributed by atoms with Crippen molar-refractivity contribution >= 4 is 11.7 Å². The van der Waals surface area contributed by atoms with Crippen molar-refractivity contribution in [2.75, 3.05) is 12.1 Å². The number of fused-ring (bicyclic) bond motifs is 1. The normalized spacial score (nSPS) is 12.2. The first kappa shape index (κ1) is 12.3. The summed E-state index contributed by atoms with van der Waals surface area (Å²) in [6.45, 7) is 1.98. The van der Waals surface area contributed by atoms with Crippen LogP contribution < -0.4 is 14.8 Å². The number of aromatic nitrogens is 1. The molecule has 3 rings (SSSR count). The van der Waals surface area contributed by atoms with Crippen LogP contribution in [-0.4, -0.2) is 22.8 Å². The number of carbonyl (C=O) groups is 1. The van der Waals surface area contributed by atoms with Crippen LogP contribution in [0.4, 0.5) is 5.82 Å². The molecule has 2 aromatic rings. The monoisotopic (exact) mass is 272 g/mol. The van der Waals surface area contributed by atoms with E-state index in [2.05, 4.69) is 10.3 Å². The van der Waals surface area contributed by atoms with E-state index in [4.69, 9.17) is 9.47 Å². The molecule has 0 saturated carbocycles. The zero-order chi connectivity index (χ0) is 14.1. The van der Waals surface area contributed by atoms with Crippen LogP contribution in [0.2, 0.25) is 0 Å². The Hall–Kier alpha value is -2.76. The Labute approximate surface area is 115 Å². The summed E-state index contributed by atoms with van der Waals surface area (Å²) in [7, 11) is 0. The van der Waals surface area contributed by atoms with Gasteiger partial charge in [-0.25, -0.2) is 4.98 Å². The number of ether oxygens (including phenoxy) is 2. The lowest BCUT2D eigenvalue weighted by atomic mass is 10.1. The number of aryl methyl sites for hydroxylation is 1. The minimum absolute atomic E-state index is 0.0826. The molecule has 1 aliphatic heterocycles. The van der Waals surface area contributed by atoms with E-state index >= 15 is 0 Å². The molecule has 6 heteroatoms. The van der Waals surface area contributed by atoms with Crippen molar-refractivity contribution in [1.29, 1.82) is 0 Å². The summed E-state index contributed by atoms with van der Waals surface area (Å²) in [5.41, 5.74) is 1.09. The van der Waals surface area contributed by atoms with E-state index in [0.717, 1.165) is 5.56 Å². The number of amides is 1. The van der Waals surface area contributed by atoms with Crippen molar-refractivity contribution in [3.8, 4) is 17.2 Å². The summed E-state index contributed by atoms with van der Waals surface area (Å²) in [4.78, 5) is 16.2. The van der Waals surface area contributed by atoms with Gasteiger partial charge in [-0.3, -0.25) is 4.79 Å². The number of anilines is 1. The van der Waals surface area contributed by atoms with Crippen LogP contribution in [0.3, 0.4) is 0 Å². The van der Waals surface area contributed by atoms with Crippen LogP contribution in [0.15, 0.2) is 30.5 Å². The molecule has 0 atom stereocenters. The molecule has 2 heterocycles. The van der Waals surface area contributed by atoms with Gasteiger partial charge in [0.25, 0.3) is 5.91 Å². The summed E-state index contributed by atoms with van der Waals surface area (Å²) < 4.78 is 10.3. The van der Waals surface area contributed by atoms with Gasteiger partial charge in [0, 0.05) is 18.3 Å². The summed E-state index contributed by atoms with van der Waals surface area (Å²) >= 11 is 0. The molecule has 0 aliphatic carbocycles. The van der Waals surface area contributed by atoms with Gasteiger partial charge in [-0.2, -0.15) is 0 Å². The predicted octanol–water partition coefficient (Wildman–Crippen LogP) is 2.08. The molecule has 0 spiro atoms. The highest BCUT2D eigenvalue weighted by molar-refractivity contribution is 6.06. The molecule has 0 unspecified atom stereocenters. The molecule has 2 N–H and O–H groups in total. The van der Waals surface area contributed by atoms with Gasteiger partial charge in [0.05, 0.1) is 5.56 Å². The third-order valence-electron chi connectivity index (χ3n) is 2.89. The van der Waals surface area contributed by atoms with Crippen LogP contribution in [0, 0.1) is 6.92 Å². The fourth-order valence-electron chi connectivity index (χ4n) is 1.90. The number of phenolic OH excluding ortho intramolecular Hbond substituents is 1. The molecule has 1 aromatic carbocycles. The van der Waals surface area contributed by atoms with Gasteiger partial charge in [-0.05, 0) is 24.6 Å². The van der Waals surface area contributed by atoms with Gasteiger partial charge in [-0.1, -0.05) is 0 Å². The molecule has 1 aliphatic rings. The highest BCUT2D eigenvalue weighted by Gasteiger charge is 2.20. The number of hydrogen-bond acceptors (Lipinski definition) is 5. The second-order valence-electron chi connectivity index (χ2n) is 4.40. The van der Waals surface area contributed by atoms with Crippen LogP contribution in [0.25, 0.3) is 0 Å². The van der Waals surface area contributed by atoms with Crippen LogP contribution in [-0.2, 0) is 0 Å². The highest BCUT2D eigenvalue weighted by atomic mass is 16.7. The maximum Gasteiger partial charge on any atom is 0.260 e. The Kier molecular flexibility index (Phi) is 2.90. The van der Waals surface area contributed by atoms with Crippen LogP contribution in [0.5, 0.6) is 17.2 Å². The largest absolute Gasteiger partial charge is 0.507 e. The molecular weight excluding hydrogens is 260 g/mol. The second-order valence-corrected chi connectivity index (χ2v) is 4.40.